The third-order valence-corrected chi connectivity index (χ3v) is 1.33. The molecule has 1 aromatic rings. The number of anilines is 1. The van der Waals surface area contributed by atoms with Gasteiger partial charge in [-0.1, -0.05) is 13.8 Å². The summed E-state index contributed by atoms with van der Waals surface area (Å²) in [6, 6.07) is 1.67. The lowest BCUT2D eigenvalue weighted by Gasteiger charge is -2.06. The number of ether oxygens (including phenoxy) is 1. The summed E-state index contributed by atoms with van der Waals surface area (Å²) in [7, 11) is 0. The summed E-state index contributed by atoms with van der Waals surface area (Å²) >= 11 is 0. The Hall–Kier alpha value is -1.65. The normalized spacial score (nSPS) is 9.93. The van der Waals surface area contributed by atoms with E-state index < -0.39 is 6.09 Å². The van der Waals surface area contributed by atoms with Crippen molar-refractivity contribution in [1.29, 1.82) is 0 Å². The molecular weight excluding hydrogens is 182 g/mol. The summed E-state index contributed by atoms with van der Waals surface area (Å²) in [5.74, 6) is 0.568. The van der Waals surface area contributed by atoms with Gasteiger partial charge in [0, 0.05) is 12.4 Å². The number of hydrogen-bond donors (Lipinski definition) is 1. The van der Waals surface area contributed by atoms with Crippen LogP contribution in [0.3, 0.4) is 0 Å². The van der Waals surface area contributed by atoms with E-state index in [4.69, 9.17) is 4.74 Å². The molecule has 1 aromatic heterocycles. The van der Waals surface area contributed by atoms with Crippen LogP contribution in [0.1, 0.15) is 13.8 Å². The van der Waals surface area contributed by atoms with Gasteiger partial charge in [-0.15, -0.1) is 0 Å². The molecule has 0 atom stereocenters. The number of aromatic nitrogens is 2. The Kier molecular flexibility index (Phi) is 3.84. The molecule has 1 heterocycles. The highest BCUT2D eigenvalue weighted by Gasteiger charge is 2.05. The minimum atomic E-state index is -0.523. The van der Waals surface area contributed by atoms with Crippen molar-refractivity contribution in [2.45, 2.75) is 13.8 Å². The Labute approximate surface area is 82.5 Å². The highest BCUT2D eigenvalue weighted by Crippen LogP contribution is 1.97. The van der Waals surface area contributed by atoms with E-state index in [1.54, 1.807) is 18.5 Å². The Balaban J connectivity index is 2.35. The van der Waals surface area contributed by atoms with Gasteiger partial charge in [-0.25, -0.2) is 14.8 Å². The lowest BCUT2D eigenvalue weighted by Crippen LogP contribution is -2.17. The molecule has 0 aliphatic rings. The topological polar surface area (TPSA) is 64.1 Å². The Morgan fingerprint density at radius 1 is 1.50 bits per heavy atom. The minimum Gasteiger partial charge on any atom is -0.449 e. The smallest absolute Gasteiger partial charge is 0.414 e. The lowest BCUT2D eigenvalue weighted by molar-refractivity contribution is 0.147. The Morgan fingerprint density at radius 2 is 2.14 bits per heavy atom. The molecule has 0 spiro atoms. The molecule has 0 radical (unpaired) electrons. The molecule has 0 saturated carbocycles. The first-order valence-electron chi connectivity index (χ1n) is 4.39. The zero-order valence-electron chi connectivity index (χ0n) is 8.23. The van der Waals surface area contributed by atoms with Crippen molar-refractivity contribution < 1.29 is 9.53 Å². The maximum Gasteiger partial charge on any atom is 0.414 e. The predicted molar refractivity (Wildman–Crippen MR) is 51.8 cm³/mol. The summed E-state index contributed by atoms with van der Waals surface area (Å²) in [6.45, 7) is 4.32. The van der Waals surface area contributed by atoms with E-state index in [0.717, 1.165) is 0 Å². The van der Waals surface area contributed by atoms with Crippen LogP contribution >= 0.6 is 0 Å². The second-order valence-electron chi connectivity index (χ2n) is 3.19. The average molecular weight is 195 g/mol. The first-order chi connectivity index (χ1) is 6.68. The predicted octanol–water partition coefficient (Wildman–Crippen LogP) is 1.68. The van der Waals surface area contributed by atoms with Crippen LogP contribution in [0.25, 0.3) is 0 Å². The summed E-state index contributed by atoms with van der Waals surface area (Å²) in [6.07, 6.45) is 2.57. The SMILES string of the molecule is CC(C)COC(=O)Nc1ncccn1. The largest absolute Gasteiger partial charge is 0.449 e. The Morgan fingerprint density at radius 3 is 2.71 bits per heavy atom. The molecule has 1 rings (SSSR count). The Bertz CT molecular complexity index is 287. The van der Waals surface area contributed by atoms with Gasteiger partial charge in [-0.3, -0.25) is 5.32 Å². The second kappa shape index (κ2) is 5.16. The van der Waals surface area contributed by atoms with Gasteiger partial charge in [0.2, 0.25) is 5.95 Å². The van der Waals surface area contributed by atoms with E-state index in [1.165, 1.54) is 0 Å². The van der Waals surface area contributed by atoms with Gasteiger partial charge >= 0.3 is 6.09 Å². The van der Waals surface area contributed by atoms with Gasteiger partial charge in [0.15, 0.2) is 0 Å². The van der Waals surface area contributed by atoms with Crippen LogP contribution < -0.4 is 5.32 Å². The van der Waals surface area contributed by atoms with Crippen LogP contribution in [0.4, 0.5) is 10.7 Å². The first-order valence-corrected chi connectivity index (χ1v) is 4.39. The molecule has 0 aromatic carbocycles. The van der Waals surface area contributed by atoms with E-state index in [2.05, 4.69) is 15.3 Å². The quantitative estimate of drug-likeness (QED) is 0.796. The number of carbonyl (C=O) groups is 1. The highest BCUT2D eigenvalue weighted by atomic mass is 16.5. The number of hydrogen-bond acceptors (Lipinski definition) is 4. The summed E-state index contributed by atoms with van der Waals surface area (Å²) in [5.41, 5.74) is 0. The van der Waals surface area contributed by atoms with Crippen molar-refractivity contribution in [1.82, 2.24) is 9.97 Å². The van der Waals surface area contributed by atoms with Gasteiger partial charge in [-0.2, -0.15) is 0 Å². The number of amides is 1. The van der Waals surface area contributed by atoms with Crippen LogP contribution in [0.15, 0.2) is 18.5 Å². The highest BCUT2D eigenvalue weighted by molar-refractivity contribution is 5.82. The molecule has 0 fully saturated rings. The van der Waals surface area contributed by atoms with Crippen molar-refractivity contribution in [2.75, 3.05) is 11.9 Å². The van der Waals surface area contributed by atoms with Gasteiger partial charge in [0.25, 0.3) is 0 Å². The third kappa shape index (κ3) is 3.84. The molecule has 0 bridgehead atoms. The zero-order valence-corrected chi connectivity index (χ0v) is 8.23. The van der Waals surface area contributed by atoms with E-state index in [0.29, 0.717) is 12.5 Å². The molecule has 0 unspecified atom stereocenters. The molecular formula is C9H13N3O2. The van der Waals surface area contributed by atoms with E-state index in [1.807, 2.05) is 13.8 Å². The van der Waals surface area contributed by atoms with Crippen molar-refractivity contribution in [2.24, 2.45) is 5.92 Å². The van der Waals surface area contributed by atoms with Gasteiger partial charge < -0.3 is 4.74 Å². The molecule has 1 amide bonds. The van der Waals surface area contributed by atoms with E-state index in [-0.39, 0.29) is 5.95 Å². The maximum atomic E-state index is 11.1. The molecule has 14 heavy (non-hydrogen) atoms. The zero-order chi connectivity index (χ0) is 10.4. The standard InChI is InChI=1S/C9H13N3O2/c1-7(2)6-14-9(13)12-8-10-4-3-5-11-8/h3-5,7H,6H2,1-2H3,(H,10,11,12,13). The molecule has 0 saturated heterocycles. The molecule has 5 nitrogen and oxygen atoms in total. The fourth-order valence-electron chi connectivity index (χ4n) is 0.733. The minimum absolute atomic E-state index is 0.251. The molecule has 5 heteroatoms. The van der Waals surface area contributed by atoms with Crippen LogP contribution in [-0.4, -0.2) is 22.7 Å². The lowest BCUT2D eigenvalue weighted by atomic mass is 10.2. The molecule has 0 aliphatic heterocycles. The average Bonchev–Trinajstić information content (AvgIpc) is 2.16. The fourth-order valence-corrected chi connectivity index (χ4v) is 0.733. The first kappa shape index (κ1) is 10.4. The van der Waals surface area contributed by atoms with Crippen molar-refractivity contribution in [3.05, 3.63) is 18.5 Å². The van der Waals surface area contributed by atoms with E-state index >= 15 is 0 Å². The van der Waals surface area contributed by atoms with Crippen LogP contribution in [0, 0.1) is 5.92 Å². The fraction of sp³-hybridized carbons (Fsp3) is 0.444. The van der Waals surface area contributed by atoms with Crippen molar-refractivity contribution in [3.63, 3.8) is 0 Å². The van der Waals surface area contributed by atoms with Crippen molar-refractivity contribution >= 4 is 12.0 Å². The monoisotopic (exact) mass is 195 g/mol. The second-order valence-corrected chi connectivity index (χ2v) is 3.19. The number of carbonyl (C=O) groups excluding carboxylic acids is 1. The molecule has 1 N–H and O–H groups in total. The van der Waals surface area contributed by atoms with E-state index in [9.17, 15) is 4.79 Å². The van der Waals surface area contributed by atoms with Crippen molar-refractivity contribution in [3.8, 4) is 0 Å². The molecule has 76 valence electrons. The van der Waals surface area contributed by atoms with Gasteiger partial charge in [0.1, 0.15) is 0 Å². The van der Waals surface area contributed by atoms with Crippen LogP contribution in [-0.2, 0) is 4.74 Å². The van der Waals surface area contributed by atoms with Gasteiger partial charge in [-0.05, 0) is 12.0 Å². The van der Waals surface area contributed by atoms with Crippen LogP contribution in [0.2, 0.25) is 0 Å². The van der Waals surface area contributed by atoms with Crippen LogP contribution in [0.5, 0.6) is 0 Å². The number of nitrogens with one attached hydrogen (secondary N) is 1. The third-order valence-electron chi connectivity index (χ3n) is 1.33. The maximum absolute atomic E-state index is 11.1. The summed E-state index contributed by atoms with van der Waals surface area (Å²) in [4.78, 5) is 18.7. The number of nitrogens with zero attached hydrogens (tertiary/aromatic N) is 2. The number of rotatable bonds is 3. The summed E-state index contributed by atoms with van der Waals surface area (Å²) < 4.78 is 4.88. The molecule has 0 aliphatic carbocycles. The summed E-state index contributed by atoms with van der Waals surface area (Å²) in [5, 5.41) is 2.41. The van der Waals surface area contributed by atoms with Gasteiger partial charge in [0.05, 0.1) is 6.61 Å².